The van der Waals surface area contributed by atoms with Crippen LogP contribution in [-0.4, -0.2) is 20.7 Å². The number of carbonyl (C=O) groups excluding carboxylic acids is 1. The van der Waals surface area contributed by atoms with Gasteiger partial charge in [-0.3, -0.25) is 9.36 Å². The molecule has 0 radical (unpaired) electrons. The molecule has 42 heavy (non-hydrogen) atoms. The van der Waals surface area contributed by atoms with Crippen LogP contribution in [0.3, 0.4) is 0 Å². The SMILES string of the molecule is Cc1ccc(-n2c(SCc3ccc(F)cc3)nnc2C(Cc2ccccc2)NC(=O)c2cccc(C(F)(F)F)c2)cc1. The molecule has 1 heterocycles. The quantitative estimate of drug-likeness (QED) is 0.141. The Bertz CT molecular complexity index is 1650. The standard InChI is InChI=1S/C32H26F4N4OS/c1-21-10-16-27(17-11-21)40-29(38-39-31(40)42-20-23-12-14-26(33)15-13-23)28(18-22-6-3-2-4-7-22)37-30(41)24-8-5-9-25(19-24)32(34,35)36/h2-17,19,28H,18,20H2,1H3,(H,37,41). The van der Waals surface area contributed by atoms with Crippen molar-refractivity contribution in [2.24, 2.45) is 0 Å². The summed E-state index contributed by atoms with van der Waals surface area (Å²) in [6, 6.07) is 26.9. The van der Waals surface area contributed by atoms with Gasteiger partial charge in [-0.05, 0) is 66.9 Å². The van der Waals surface area contributed by atoms with Crippen molar-refractivity contribution in [1.29, 1.82) is 0 Å². The summed E-state index contributed by atoms with van der Waals surface area (Å²) in [4.78, 5) is 13.4. The minimum Gasteiger partial charge on any atom is -0.342 e. The highest BCUT2D eigenvalue weighted by Crippen LogP contribution is 2.31. The van der Waals surface area contributed by atoms with Crippen molar-refractivity contribution in [2.75, 3.05) is 0 Å². The van der Waals surface area contributed by atoms with Gasteiger partial charge in [0.15, 0.2) is 11.0 Å². The Hall–Kier alpha value is -4.44. The highest BCUT2D eigenvalue weighted by Gasteiger charge is 2.31. The normalized spacial score (nSPS) is 12.2. The second-order valence-electron chi connectivity index (χ2n) is 9.72. The first-order valence-electron chi connectivity index (χ1n) is 13.1. The highest BCUT2D eigenvalue weighted by atomic mass is 32.2. The molecule has 4 aromatic carbocycles. The predicted molar refractivity (Wildman–Crippen MR) is 154 cm³/mol. The van der Waals surface area contributed by atoms with Crippen molar-refractivity contribution in [1.82, 2.24) is 20.1 Å². The summed E-state index contributed by atoms with van der Waals surface area (Å²) in [7, 11) is 0. The number of nitrogens with one attached hydrogen (secondary N) is 1. The van der Waals surface area contributed by atoms with Crippen LogP contribution < -0.4 is 5.32 Å². The van der Waals surface area contributed by atoms with Crippen LogP contribution in [0.25, 0.3) is 5.69 Å². The number of nitrogens with zero attached hydrogens (tertiary/aromatic N) is 3. The Morgan fingerprint density at radius 3 is 2.29 bits per heavy atom. The molecule has 0 aliphatic heterocycles. The third-order valence-corrected chi connectivity index (χ3v) is 7.58. The second kappa shape index (κ2) is 12.6. The van der Waals surface area contributed by atoms with E-state index in [-0.39, 0.29) is 11.4 Å². The highest BCUT2D eigenvalue weighted by molar-refractivity contribution is 7.98. The zero-order valence-corrected chi connectivity index (χ0v) is 23.3. The molecule has 5 aromatic rings. The molecule has 0 aliphatic carbocycles. The first-order valence-corrected chi connectivity index (χ1v) is 14.1. The summed E-state index contributed by atoms with van der Waals surface area (Å²) in [5.41, 5.74) is 2.57. The van der Waals surface area contributed by atoms with Crippen molar-refractivity contribution < 1.29 is 22.4 Å². The van der Waals surface area contributed by atoms with Crippen molar-refractivity contribution in [3.05, 3.63) is 143 Å². The van der Waals surface area contributed by atoms with Crippen LogP contribution in [0.1, 0.15) is 44.5 Å². The lowest BCUT2D eigenvalue weighted by molar-refractivity contribution is -0.137. The summed E-state index contributed by atoms with van der Waals surface area (Å²) in [5.74, 6) is -0.0794. The number of alkyl halides is 3. The fourth-order valence-electron chi connectivity index (χ4n) is 4.40. The lowest BCUT2D eigenvalue weighted by Crippen LogP contribution is -2.32. The number of rotatable bonds is 9. The topological polar surface area (TPSA) is 59.8 Å². The van der Waals surface area contributed by atoms with Gasteiger partial charge >= 0.3 is 6.18 Å². The molecule has 214 valence electrons. The molecule has 0 saturated heterocycles. The molecule has 0 saturated carbocycles. The zero-order chi connectivity index (χ0) is 29.7. The van der Waals surface area contributed by atoms with E-state index in [1.54, 1.807) is 12.1 Å². The Morgan fingerprint density at radius 1 is 0.881 bits per heavy atom. The first-order chi connectivity index (χ1) is 20.2. The molecule has 1 aromatic heterocycles. The monoisotopic (exact) mass is 590 g/mol. The Balaban J connectivity index is 1.53. The molecule has 1 N–H and O–H groups in total. The number of aromatic nitrogens is 3. The summed E-state index contributed by atoms with van der Waals surface area (Å²) < 4.78 is 55.3. The number of halogens is 4. The van der Waals surface area contributed by atoms with E-state index in [4.69, 9.17) is 0 Å². The summed E-state index contributed by atoms with van der Waals surface area (Å²) >= 11 is 1.40. The van der Waals surface area contributed by atoms with Gasteiger partial charge in [0.05, 0.1) is 11.6 Å². The first kappa shape index (κ1) is 29.1. The van der Waals surface area contributed by atoms with Crippen molar-refractivity contribution in [3.63, 3.8) is 0 Å². The van der Waals surface area contributed by atoms with Gasteiger partial charge in [0, 0.05) is 17.0 Å². The van der Waals surface area contributed by atoms with E-state index in [0.29, 0.717) is 23.2 Å². The van der Waals surface area contributed by atoms with Gasteiger partial charge in [0.25, 0.3) is 5.91 Å². The number of aryl methyl sites for hydroxylation is 1. The minimum absolute atomic E-state index is 0.116. The number of amides is 1. The van der Waals surface area contributed by atoms with Gasteiger partial charge < -0.3 is 5.32 Å². The van der Waals surface area contributed by atoms with Gasteiger partial charge in [0.2, 0.25) is 0 Å². The molecule has 1 atom stereocenters. The Kier molecular flexibility index (Phi) is 8.72. The molecule has 0 spiro atoms. The van der Waals surface area contributed by atoms with Crippen LogP contribution in [0.15, 0.2) is 108 Å². The van der Waals surface area contributed by atoms with E-state index in [1.165, 1.54) is 36.0 Å². The van der Waals surface area contributed by atoms with Crippen LogP contribution >= 0.6 is 11.8 Å². The van der Waals surface area contributed by atoms with E-state index in [1.807, 2.05) is 66.1 Å². The van der Waals surface area contributed by atoms with Gasteiger partial charge in [0.1, 0.15) is 5.82 Å². The Morgan fingerprint density at radius 2 is 1.60 bits per heavy atom. The fraction of sp³-hybridized carbons (Fsp3) is 0.156. The van der Waals surface area contributed by atoms with Crippen molar-refractivity contribution >= 4 is 17.7 Å². The molecule has 1 unspecified atom stereocenters. The van der Waals surface area contributed by atoms with Crippen LogP contribution in [0.2, 0.25) is 0 Å². The zero-order valence-electron chi connectivity index (χ0n) is 22.5. The van der Waals surface area contributed by atoms with Crippen LogP contribution in [0, 0.1) is 12.7 Å². The van der Waals surface area contributed by atoms with E-state index in [0.717, 1.165) is 34.5 Å². The minimum atomic E-state index is -4.58. The van der Waals surface area contributed by atoms with Crippen LogP contribution in [0.4, 0.5) is 17.6 Å². The molecule has 10 heteroatoms. The molecular formula is C32H26F4N4OS. The van der Waals surface area contributed by atoms with Gasteiger partial charge in [-0.15, -0.1) is 10.2 Å². The van der Waals surface area contributed by atoms with E-state index < -0.39 is 23.7 Å². The Labute approximate surface area is 244 Å². The summed E-state index contributed by atoms with van der Waals surface area (Å²) in [5, 5.41) is 12.4. The maximum Gasteiger partial charge on any atom is 0.416 e. The summed E-state index contributed by atoms with van der Waals surface area (Å²) in [6.45, 7) is 1.97. The van der Waals surface area contributed by atoms with E-state index in [2.05, 4.69) is 15.5 Å². The molecule has 5 nitrogen and oxygen atoms in total. The summed E-state index contributed by atoms with van der Waals surface area (Å²) in [6.07, 6.45) is -4.26. The number of thioether (sulfide) groups is 1. The van der Waals surface area contributed by atoms with Gasteiger partial charge in [-0.1, -0.05) is 78.0 Å². The second-order valence-corrected chi connectivity index (χ2v) is 10.7. The van der Waals surface area contributed by atoms with E-state index in [9.17, 15) is 22.4 Å². The van der Waals surface area contributed by atoms with Gasteiger partial charge in [-0.2, -0.15) is 13.2 Å². The molecule has 0 fully saturated rings. The van der Waals surface area contributed by atoms with Crippen molar-refractivity contribution in [3.8, 4) is 5.69 Å². The lowest BCUT2D eigenvalue weighted by atomic mass is 10.0. The number of carbonyl (C=O) groups is 1. The maximum atomic E-state index is 13.4. The molecule has 0 bridgehead atoms. The van der Waals surface area contributed by atoms with Crippen LogP contribution in [-0.2, 0) is 18.3 Å². The molecule has 5 rings (SSSR count). The molecule has 0 aliphatic rings. The predicted octanol–water partition coefficient (Wildman–Crippen LogP) is 7.74. The van der Waals surface area contributed by atoms with Gasteiger partial charge in [-0.25, -0.2) is 4.39 Å². The molecule has 1 amide bonds. The van der Waals surface area contributed by atoms with Crippen LogP contribution in [0.5, 0.6) is 0 Å². The number of benzene rings is 4. The number of hydrogen-bond acceptors (Lipinski definition) is 4. The third-order valence-electron chi connectivity index (χ3n) is 6.58. The van der Waals surface area contributed by atoms with Crippen molar-refractivity contribution in [2.45, 2.75) is 36.5 Å². The fourth-order valence-corrected chi connectivity index (χ4v) is 5.32. The molecular weight excluding hydrogens is 564 g/mol. The average molecular weight is 591 g/mol. The largest absolute Gasteiger partial charge is 0.416 e. The maximum absolute atomic E-state index is 13.4. The average Bonchev–Trinajstić information content (AvgIpc) is 3.41. The lowest BCUT2D eigenvalue weighted by Gasteiger charge is -2.21. The third kappa shape index (κ3) is 7.06. The number of hydrogen-bond donors (Lipinski definition) is 1. The smallest absolute Gasteiger partial charge is 0.342 e. The van der Waals surface area contributed by atoms with E-state index >= 15 is 0 Å².